The van der Waals surface area contributed by atoms with Gasteiger partial charge in [-0.1, -0.05) is 351 Å². The highest BCUT2D eigenvalue weighted by atomic mass is 79.9. The van der Waals surface area contributed by atoms with Gasteiger partial charge in [-0.3, -0.25) is 0 Å². The van der Waals surface area contributed by atoms with E-state index in [0.29, 0.717) is 5.46 Å². The van der Waals surface area contributed by atoms with Crippen LogP contribution in [0.4, 0.5) is 0 Å². The Labute approximate surface area is 605 Å². The second-order valence-electron chi connectivity index (χ2n) is 26.0. The van der Waals surface area contributed by atoms with Gasteiger partial charge in [0, 0.05) is 37.1 Å². The summed E-state index contributed by atoms with van der Waals surface area (Å²) in [5.74, 6) is 0. The minimum absolute atomic E-state index is 0. The molecule has 0 atom stereocenters. The minimum atomic E-state index is -1.54. The predicted octanol–water partition coefficient (Wildman–Crippen LogP) is 26.5. The maximum atomic E-state index is 10.2. The predicted molar refractivity (Wildman–Crippen MR) is 441 cm³/mol. The van der Waals surface area contributed by atoms with Crippen molar-refractivity contribution in [3.8, 4) is 77.9 Å². The van der Waals surface area contributed by atoms with Crippen molar-refractivity contribution in [2.45, 2.75) is 7.43 Å². The van der Waals surface area contributed by atoms with Crippen molar-refractivity contribution in [2.24, 2.45) is 0 Å². The Morgan fingerprint density at radius 1 is 0.223 bits per heavy atom. The van der Waals surface area contributed by atoms with Crippen LogP contribution >= 0.6 is 15.9 Å². The van der Waals surface area contributed by atoms with Gasteiger partial charge in [-0.25, -0.2) is 0 Å². The molecule has 20 aromatic rings. The number of para-hydroxylation sites is 4. The Kier molecular flexibility index (Phi) is 16.9. The summed E-state index contributed by atoms with van der Waals surface area (Å²) < 4.78 is 13.5. The molecule has 2 aromatic heterocycles. The number of furan rings is 2. The molecule has 6 heteroatoms. The van der Waals surface area contributed by atoms with Crippen molar-refractivity contribution in [3.63, 3.8) is 0 Å². The van der Waals surface area contributed by atoms with Crippen LogP contribution in [0.5, 0.6) is 0 Å². The molecule has 18 aromatic carbocycles. The molecule has 0 fully saturated rings. The van der Waals surface area contributed by atoms with Crippen molar-refractivity contribution < 1.29 is 18.9 Å². The van der Waals surface area contributed by atoms with Gasteiger partial charge in [0.15, 0.2) is 0 Å². The summed E-state index contributed by atoms with van der Waals surface area (Å²) in [5, 5.41) is 38.7. The minimum Gasteiger partial charge on any atom is -0.455 e. The molecular weight excluding hydrogens is 1320 g/mol. The van der Waals surface area contributed by atoms with Gasteiger partial charge in [0.05, 0.1) is 0 Å². The smallest absolute Gasteiger partial charge is 0.455 e. The third-order valence-corrected chi connectivity index (χ3v) is 20.7. The largest absolute Gasteiger partial charge is 0.489 e. The first-order valence-electron chi connectivity index (χ1n) is 34.4. The number of halogens is 1. The average Bonchev–Trinajstić information content (AvgIpc) is 1.63. The molecule has 0 aliphatic heterocycles. The zero-order valence-corrected chi connectivity index (χ0v) is 56.9. The molecular formula is C97H66BBrO4. The van der Waals surface area contributed by atoms with Crippen LogP contribution in [0.25, 0.3) is 186 Å². The standard InChI is InChI=1S/C48H30O.C30H21BO2.C18H11BrO.CH4/c1-2-11-36-30-37(29-22-31(36)10-1)32-20-25-34(26-21-32)46-40-13-3-5-15-42(40)47(43-16-6-4-14-41(43)46)35-27-23-33(24-28-35)38-17-9-18-44-39-12-7-8-19-45(39)49-48(38)44;32-31(33)30-27-11-5-3-9-25(27)29(26-10-4-6-12-28(26)30)22-16-13-21(14-17-22)24-18-15-20-7-1-2-8-23(20)19-24;19-13-10-8-12(9-11-13)14-5-3-6-16-15-4-1-2-7-17(15)20-18(14)16;/h1-30H;1-19,32-33H;1-11H;1H4. The fourth-order valence-corrected chi connectivity index (χ4v) is 15.6. The SMILES string of the molecule is Brc1ccc(-c2cccc3c2oc2ccccc23)cc1.C.OB(O)c1c2ccccc2c(-c2ccc(-c3ccc4ccccc4c3)cc2)c2ccccc12.c1ccc2cc(-c3ccc(-c4c5ccccc5c(-c5ccc(-c6cccc7c6oc6ccccc67)cc5)c5ccccc45)cc3)ccc2c1. The third-order valence-electron chi connectivity index (χ3n) is 20.1. The molecule has 4 nitrogen and oxygen atoms in total. The van der Waals surface area contributed by atoms with Gasteiger partial charge in [0.2, 0.25) is 0 Å². The topological polar surface area (TPSA) is 66.7 Å². The van der Waals surface area contributed by atoms with Gasteiger partial charge < -0.3 is 18.9 Å². The lowest BCUT2D eigenvalue weighted by atomic mass is 9.72. The number of fused-ring (bicyclic) bond motifs is 12. The average molecular weight is 1390 g/mol. The first-order chi connectivity index (χ1) is 50.3. The number of benzene rings is 18. The van der Waals surface area contributed by atoms with E-state index in [1.807, 2.05) is 66.7 Å². The van der Waals surface area contributed by atoms with Gasteiger partial charge in [-0.2, -0.15) is 0 Å². The lowest BCUT2D eigenvalue weighted by Crippen LogP contribution is -2.31. The van der Waals surface area contributed by atoms with Crippen molar-refractivity contribution in [1.29, 1.82) is 0 Å². The van der Waals surface area contributed by atoms with Gasteiger partial charge in [0.25, 0.3) is 0 Å². The summed E-state index contributed by atoms with van der Waals surface area (Å²) in [4.78, 5) is 0. The lowest BCUT2D eigenvalue weighted by molar-refractivity contribution is 0.426. The molecule has 0 aliphatic carbocycles. The van der Waals surface area contributed by atoms with Crippen LogP contribution in [0.2, 0.25) is 0 Å². The molecule has 0 saturated carbocycles. The number of hydrogen-bond acceptors (Lipinski definition) is 4. The molecule has 2 N–H and O–H groups in total. The van der Waals surface area contributed by atoms with Gasteiger partial charge in [-0.15, -0.1) is 0 Å². The van der Waals surface area contributed by atoms with E-state index in [9.17, 15) is 10.0 Å². The summed E-state index contributed by atoms with van der Waals surface area (Å²) in [6.07, 6.45) is 0. The van der Waals surface area contributed by atoms with E-state index in [0.717, 1.165) is 92.5 Å². The van der Waals surface area contributed by atoms with Gasteiger partial charge in [-0.05, 0) is 173 Å². The molecule has 0 saturated heterocycles. The van der Waals surface area contributed by atoms with Crippen molar-refractivity contribution in [1.82, 2.24) is 0 Å². The van der Waals surface area contributed by atoms with Crippen LogP contribution in [0.15, 0.2) is 377 Å². The second kappa shape index (κ2) is 27.3. The molecule has 2 heterocycles. The molecule has 0 aliphatic rings. The number of hydrogen-bond donors (Lipinski definition) is 2. The maximum Gasteiger partial charge on any atom is 0.489 e. The van der Waals surface area contributed by atoms with Crippen molar-refractivity contribution in [3.05, 3.63) is 368 Å². The summed E-state index contributed by atoms with van der Waals surface area (Å²) >= 11 is 3.47. The molecule has 0 radical (unpaired) electrons. The quantitative estimate of drug-likeness (QED) is 0.118. The first-order valence-corrected chi connectivity index (χ1v) is 35.2. The van der Waals surface area contributed by atoms with Crippen LogP contribution in [-0.2, 0) is 0 Å². The Morgan fingerprint density at radius 2 is 0.495 bits per heavy atom. The van der Waals surface area contributed by atoms with E-state index in [4.69, 9.17) is 8.83 Å². The highest BCUT2D eigenvalue weighted by Gasteiger charge is 2.23. The van der Waals surface area contributed by atoms with E-state index in [1.165, 1.54) is 98.4 Å². The van der Waals surface area contributed by atoms with Gasteiger partial charge in [0.1, 0.15) is 22.3 Å². The van der Waals surface area contributed by atoms with Crippen molar-refractivity contribution in [2.75, 3.05) is 0 Å². The summed E-state index contributed by atoms with van der Waals surface area (Å²) in [5.41, 5.74) is 20.8. The Hall–Kier alpha value is -12.4. The first kappa shape index (κ1) is 64.0. The second-order valence-corrected chi connectivity index (χ2v) is 26.9. The summed E-state index contributed by atoms with van der Waals surface area (Å²) in [6.45, 7) is 0. The molecule has 0 bridgehead atoms. The van der Waals surface area contributed by atoms with E-state index < -0.39 is 7.12 Å². The zero-order chi connectivity index (χ0) is 68.2. The van der Waals surface area contributed by atoms with Crippen LogP contribution in [0.1, 0.15) is 7.43 Å². The molecule has 488 valence electrons. The monoisotopic (exact) mass is 1380 g/mol. The lowest BCUT2D eigenvalue weighted by Gasteiger charge is -2.18. The van der Waals surface area contributed by atoms with Crippen LogP contribution in [0.3, 0.4) is 0 Å². The van der Waals surface area contributed by atoms with E-state index >= 15 is 0 Å². The molecule has 20 rings (SSSR count). The highest BCUT2D eigenvalue weighted by Crippen LogP contribution is 2.46. The highest BCUT2D eigenvalue weighted by molar-refractivity contribution is 9.10. The van der Waals surface area contributed by atoms with E-state index in [2.05, 4.69) is 313 Å². The van der Waals surface area contributed by atoms with Crippen LogP contribution < -0.4 is 5.46 Å². The molecule has 0 unspecified atom stereocenters. The Balaban J connectivity index is 0.000000125. The Morgan fingerprint density at radius 3 is 0.864 bits per heavy atom. The van der Waals surface area contributed by atoms with E-state index in [1.54, 1.807) is 0 Å². The zero-order valence-electron chi connectivity index (χ0n) is 55.3. The third kappa shape index (κ3) is 11.8. The molecule has 103 heavy (non-hydrogen) atoms. The molecule has 0 spiro atoms. The molecule has 0 amide bonds. The van der Waals surface area contributed by atoms with Crippen molar-refractivity contribution >= 4 is 137 Å². The fraction of sp³-hybridized carbons (Fsp3) is 0.0103. The summed E-state index contributed by atoms with van der Waals surface area (Å²) in [7, 11) is -1.54. The van der Waals surface area contributed by atoms with E-state index in [-0.39, 0.29) is 7.43 Å². The van der Waals surface area contributed by atoms with Crippen LogP contribution in [-0.4, -0.2) is 17.2 Å². The Bertz CT molecular complexity index is 6480. The van der Waals surface area contributed by atoms with Gasteiger partial charge >= 0.3 is 7.12 Å². The fourth-order valence-electron chi connectivity index (χ4n) is 15.3. The van der Waals surface area contributed by atoms with Crippen LogP contribution in [0, 0.1) is 0 Å². The summed E-state index contributed by atoms with van der Waals surface area (Å²) in [6, 6.07) is 128. The maximum absolute atomic E-state index is 10.2. The normalized spacial score (nSPS) is 11.4. The number of rotatable bonds is 8.